The Bertz CT molecular complexity index is 10.0. The second kappa shape index (κ2) is 3.27. The van der Waals surface area contributed by atoms with Crippen LogP contribution in [0, 0.1) is 0 Å². The molecule has 0 aliphatic carbocycles. The molecule has 0 aliphatic rings. The molecule has 0 fully saturated rings. The molecular formula is CH5NOS. The molecule has 0 aromatic heterocycles. The first-order valence-corrected chi connectivity index (χ1v) is 1.96. The van der Waals surface area contributed by atoms with Crippen molar-refractivity contribution in [2.45, 2.75) is 0 Å². The van der Waals surface area contributed by atoms with Gasteiger partial charge >= 0.3 is 0 Å². The Labute approximate surface area is 29.5 Å². The Morgan fingerprint density at radius 1 is 2.00 bits per heavy atom. The fourth-order valence-electron chi connectivity index (χ4n) is 0. The van der Waals surface area contributed by atoms with Crippen LogP contribution >= 0.6 is 12.0 Å². The highest BCUT2D eigenvalue weighted by Gasteiger charge is 1.52. The second-order valence-corrected chi connectivity index (χ2v) is 0.789. The standard InChI is InChI=1S/CH5NOS/c1-4-3-2/h2H2,1H3. The van der Waals surface area contributed by atoms with Gasteiger partial charge in [0.15, 0.2) is 0 Å². The van der Waals surface area contributed by atoms with Crippen LogP contribution in [0.1, 0.15) is 0 Å². The quantitative estimate of drug-likeness (QED) is 0.359. The summed E-state index contributed by atoms with van der Waals surface area (Å²) in [5.41, 5.74) is 0. The van der Waals surface area contributed by atoms with Crippen molar-refractivity contribution in [1.29, 1.82) is 0 Å². The monoisotopic (exact) mass is 79.0 g/mol. The van der Waals surface area contributed by atoms with Crippen molar-refractivity contribution in [2.24, 2.45) is 5.90 Å². The molecule has 0 heterocycles. The Morgan fingerprint density at radius 2 is 2.25 bits per heavy atom. The molecule has 0 atom stereocenters. The summed E-state index contributed by atoms with van der Waals surface area (Å²) < 4.78 is 3.96. The first kappa shape index (κ1) is 4.27. The highest BCUT2D eigenvalue weighted by molar-refractivity contribution is 7.93. The van der Waals surface area contributed by atoms with Crippen LogP contribution in [0.2, 0.25) is 0 Å². The summed E-state index contributed by atoms with van der Waals surface area (Å²) in [5.74, 6) is 4.49. The number of nitrogens with two attached hydrogens (primary N) is 1. The maximum absolute atomic E-state index is 4.49. The molecule has 0 aromatic carbocycles. The predicted octanol–water partition coefficient (Wildman–Crippen LogP) is 0.155. The third-order valence-electron chi connectivity index (χ3n) is 0.0962. The third-order valence-corrected chi connectivity index (χ3v) is 0.289. The molecule has 4 heavy (non-hydrogen) atoms. The normalized spacial score (nSPS) is 7.50. The minimum atomic E-state index is 1.13. The van der Waals surface area contributed by atoms with Crippen LogP contribution in [0.15, 0.2) is 0 Å². The van der Waals surface area contributed by atoms with Crippen molar-refractivity contribution in [3.05, 3.63) is 0 Å². The lowest BCUT2D eigenvalue weighted by Gasteiger charge is -1.74. The molecular weight excluding hydrogens is 74.1 g/mol. The largest absolute Gasteiger partial charge is 0.235 e. The average molecular weight is 79.1 g/mol. The van der Waals surface area contributed by atoms with Crippen molar-refractivity contribution >= 4 is 12.0 Å². The molecule has 3 heteroatoms. The fourth-order valence-corrected chi connectivity index (χ4v) is 0. The smallest absolute Gasteiger partial charge is 0.0119 e. The average Bonchev–Trinajstić information content (AvgIpc) is 1.37. The second-order valence-electron chi connectivity index (χ2n) is 0.263. The van der Waals surface area contributed by atoms with Crippen molar-refractivity contribution in [3.63, 3.8) is 0 Å². The first-order valence-electron chi connectivity index (χ1n) is 0.811. The highest BCUT2D eigenvalue weighted by atomic mass is 32.2. The van der Waals surface area contributed by atoms with E-state index in [-0.39, 0.29) is 0 Å². The van der Waals surface area contributed by atoms with Crippen LogP contribution in [0.25, 0.3) is 0 Å². The van der Waals surface area contributed by atoms with Gasteiger partial charge in [0.1, 0.15) is 0 Å². The lowest BCUT2D eigenvalue weighted by Crippen LogP contribution is -1.83. The molecule has 0 spiro atoms. The van der Waals surface area contributed by atoms with Gasteiger partial charge in [-0.25, -0.2) is 10.2 Å². The van der Waals surface area contributed by atoms with Gasteiger partial charge in [0.2, 0.25) is 0 Å². The van der Waals surface area contributed by atoms with E-state index in [2.05, 4.69) is 10.2 Å². The third kappa shape index (κ3) is 2.27. The van der Waals surface area contributed by atoms with Crippen LogP contribution in [-0.2, 0) is 4.28 Å². The lowest BCUT2D eigenvalue weighted by molar-refractivity contribution is 0.400. The van der Waals surface area contributed by atoms with Crippen molar-refractivity contribution in [2.75, 3.05) is 6.26 Å². The Kier molecular flexibility index (Phi) is 3.49. The summed E-state index contributed by atoms with van der Waals surface area (Å²) in [6, 6.07) is 0. The van der Waals surface area contributed by atoms with E-state index in [1.165, 1.54) is 0 Å². The SMILES string of the molecule is CSON. The molecule has 0 aromatic rings. The van der Waals surface area contributed by atoms with Gasteiger partial charge in [0.25, 0.3) is 0 Å². The predicted molar refractivity (Wildman–Crippen MR) is 18.8 cm³/mol. The van der Waals surface area contributed by atoms with Crippen LogP contribution in [0.4, 0.5) is 0 Å². The zero-order chi connectivity index (χ0) is 3.41. The number of rotatable bonds is 1. The van der Waals surface area contributed by atoms with Crippen LogP contribution in [0.5, 0.6) is 0 Å². The molecule has 0 saturated heterocycles. The van der Waals surface area contributed by atoms with Gasteiger partial charge in [0.05, 0.1) is 0 Å². The molecule has 0 bridgehead atoms. The fraction of sp³-hybridized carbons (Fsp3) is 1.00. The first-order chi connectivity index (χ1) is 1.91. The summed E-state index contributed by atoms with van der Waals surface area (Å²) in [4.78, 5) is 0. The van der Waals surface area contributed by atoms with E-state index < -0.39 is 0 Å². The molecule has 0 aliphatic heterocycles. The van der Waals surface area contributed by atoms with Crippen molar-refractivity contribution in [3.8, 4) is 0 Å². The number of hydrogen-bond acceptors (Lipinski definition) is 3. The van der Waals surface area contributed by atoms with E-state index in [4.69, 9.17) is 0 Å². The van der Waals surface area contributed by atoms with E-state index in [0.29, 0.717) is 0 Å². The van der Waals surface area contributed by atoms with E-state index in [1.807, 2.05) is 0 Å². The van der Waals surface area contributed by atoms with E-state index in [0.717, 1.165) is 12.0 Å². The van der Waals surface area contributed by atoms with Crippen LogP contribution in [-0.4, -0.2) is 6.26 Å². The van der Waals surface area contributed by atoms with Gasteiger partial charge in [-0.05, 0) is 0 Å². The highest BCUT2D eigenvalue weighted by Crippen LogP contribution is 1.81. The summed E-state index contributed by atoms with van der Waals surface area (Å²) in [7, 11) is 0. The zero-order valence-electron chi connectivity index (χ0n) is 2.39. The van der Waals surface area contributed by atoms with Gasteiger partial charge in [0, 0.05) is 18.3 Å². The molecule has 2 N–H and O–H groups in total. The van der Waals surface area contributed by atoms with Crippen molar-refractivity contribution in [1.82, 2.24) is 0 Å². The van der Waals surface area contributed by atoms with E-state index in [1.54, 1.807) is 6.26 Å². The van der Waals surface area contributed by atoms with Crippen molar-refractivity contribution < 1.29 is 4.28 Å². The van der Waals surface area contributed by atoms with E-state index >= 15 is 0 Å². The van der Waals surface area contributed by atoms with Gasteiger partial charge in [-0.1, -0.05) is 0 Å². The van der Waals surface area contributed by atoms with Gasteiger partial charge in [-0.15, -0.1) is 0 Å². The summed E-state index contributed by atoms with van der Waals surface area (Å²) in [6.07, 6.45) is 1.75. The van der Waals surface area contributed by atoms with Gasteiger partial charge in [-0.3, -0.25) is 0 Å². The maximum atomic E-state index is 4.49. The zero-order valence-corrected chi connectivity index (χ0v) is 3.21. The maximum Gasteiger partial charge on any atom is 0.0119 e. The molecule has 0 amide bonds. The number of hydrogen-bond donors (Lipinski definition) is 1. The van der Waals surface area contributed by atoms with Crippen LogP contribution < -0.4 is 5.90 Å². The molecule has 0 radical (unpaired) electrons. The Balaban J connectivity index is 1.97. The lowest BCUT2D eigenvalue weighted by atomic mass is 12.0. The Morgan fingerprint density at radius 3 is 2.25 bits per heavy atom. The molecule has 0 unspecified atom stereocenters. The Hall–Kier alpha value is 0.270. The van der Waals surface area contributed by atoms with Gasteiger partial charge < -0.3 is 0 Å². The summed E-state index contributed by atoms with van der Waals surface area (Å²) in [6.45, 7) is 0. The molecule has 0 rings (SSSR count). The summed E-state index contributed by atoms with van der Waals surface area (Å²) >= 11 is 1.13. The van der Waals surface area contributed by atoms with Crippen LogP contribution in [0.3, 0.4) is 0 Å². The summed E-state index contributed by atoms with van der Waals surface area (Å²) in [5, 5.41) is 0. The molecule has 2 nitrogen and oxygen atoms in total. The molecule has 26 valence electrons. The minimum Gasteiger partial charge on any atom is -0.235 e. The minimum absolute atomic E-state index is 1.13. The van der Waals surface area contributed by atoms with E-state index in [9.17, 15) is 0 Å². The topological polar surface area (TPSA) is 35.2 Å². The molecule has 0 saturated carbocycles. The van der Waals surface area contributed by atoms with Gasteiger partial charge in [-0.2, -0.15) is 0 Å².